The van der Waals surface area contributed by atoms with Crippen molar-refractivity contribution in [2.45, 2.75) is 26.1 Å². The van der Waals surface area contributed by atoms with Crippen LogP contribution in [-0.4, -0.2) is 35.1 Å². The number of pyridine rings is 1. The lowest BCUT2D eigenvalue weighted by Gasteiger charge is -2.22. The van der Waals surface area contributed by atoms with Crippen LogP contribution in [0.4, 0.5) is 5.69 Å². The Morgan fingerprint density at radius 3 is 2.80 bits per heavy atom. The van der Waals surface area contributed by atoms with Gasteiger partial charge in [0.1, 0.15) is 11.1 Å². The molecule has 0 spiro atoms. The van der Waals surface area contributed by atoms with Gasteiger partial charge in [0.2, 0.25) is 5.88 Å². The molecule has 3 aromatic rings. The first-order valence-electron chi connectivity index (χ1n) is 9.92. The molecular formula is C24H23ClN2O3. The molecule has 5 nitrogen and oxygen atoms in total. The number of hydrogen-bond acceptors (Lipinski definition) is 5. The number of aryl methyl sites for hydroxylation is 1. The fraction of sp³-hybridized carbons (Fsp3) is 0.250. The van der Waals surface area contributed by atoms with Crippen LogP contribution in [0.1, 0.15) is 33.5 Å². The van der Waals surface area contributed by atoms with E-state index in [1.807, 2.05) is 43.3 Å². The number of halogens is 1. The van der Waals surface area contributed by atoms with E-state index in [-0.39, 0.29) is 18.5 Å². The van der Waals surface area contributed by atoms with Crippen LogP contribution in [0, 0.1) is 6.92 Å². The van der Waals surface area contributed by atoms with Gasteiger partial charge in [0, 0.05) is 41.5 Å². The largest absolute Gasteiger partial charge is 0.471 e. The van der Waals surface area contributed by atoms with Crippen molar-refractivity contribution >= 4 is 23.1 Å². The molecule has 6 heteroatoms. The van der Waals surface area contributed by atoms with E-state index < -0.39 is 0 Å². The summed E-state index contributed by atoms with van der Waals surface area (Å²) in [5, 5.41) is 10.4. The maximum atomic E-state index is 12.9. The topological polar surface area (TPSA) is 62.7 Å². The van der Waals surface area contributed by atoms with E-state index >= 15 is 0 Å². The number of aliphatic hydroxyl groups is 1. The van der Waals surface area contributed by atoms with Crippen LogP contribution in [0.3, 0.4) is 0 Å². The second-order valence-corrected chi connectivity index (χ2v) is 7.87. The average molecular weight is 423 g/mol. The Balaban J connectivity index is 1.51. The Morgan fingerprint density at radius 1 is 1.20 bits per heavy atom. The van der Waals surface area contributed by atoms with Crippen molar-refractivity contribution in [3.63, 3.8) is 0 Å². The Morgan fingerprint density at radius 2 is 2.03 bits per heavy atom. The molecule has 0 unspecified atom stereocenters. The third kappa shape index (κ3) is 4.32. The number of carbonyl (C=O) groups excluding carboxylic acids is 1. The standard InChI is InChI=1S/C24H23ClN2O3/c1-16-4-2-5-17(12-16)23(29)18-7-8-22(19(13-18)15-28)27-11-9-20(14-27)30-24-21(25)6-3-10-26-24/h2-8,10,12-13,20,28H,9,11,14-15H2,1H3/t20-/m0/s1. The number of benzene rings is 2. The predicted molar refractivity (Wildman–Crippen MR) is 117 cm³/mol. The number of aromatic nitrogens is 1. The molecule has 1 N–H and O–H groups in total. The maximum Gasteiger partial charge on any atom is 0.232 e. The molecule has 1 aliphatic rings. The highest BCUT2D eigenvalue weighted by Crippen LogP contribution is 2.29. The lowest BCUT2D eigenvalue weighted by atomic mass is 9.99. The van der Waals surface area contributed by atoms with Crippen LogP contribution in [0.15, 0.2) is 60.8 Å². The van der Waals surface area contributed by atoms with Gasteiger partial charge < -0.3 is 14.7 Å². The number of ketones is 1. The summed E-state index contributed by atoms with van der Waals surface area (Å²) in [7, 11) is 0. The molecule has 1 aliphatic heterocycles. The molecule has 1 fully saturated rings. The van der Waals surface area contributed by atoms with Crippen molar-refractivity contribution in [3.8, 4) is 5.88 Å². The third-order valence-corrected chi connectivity index (χ3v) is 5.57. The number of aliphatic hydroxyl groups excluding tert-OH is 1. The smallest absolute Gasteiger partial charge is 0.232 e. The Kier molecular flexibility index (Phi) is 6.02. The van der Waals surface area contributed by atoms with Crippen molar-refractivity contribution in [2.24, 2.45) is 0 Å². The summed E-state index contributed by atoms with van der Waals surface area (Å²) in [6, 6.07) is 16.6. The summed E-state index contributed by atoms with van der Waals surface area (Å²) in [4.78, 5) is 19.2. The van der Waals surface area contributed by atoms with E-state index in [9.17, 15) is 9.90 Å². The monoisotopic (exact) mass is 422 g/mol. The van der Waals surface area contributed by atoms with Crippen LogP contribution in [0.25, 0.3) is 0 Å². The fourth-order valence-electron chi connectivity index (χ4n) is 3.77. The lowest BCUT2D eigenvalue weighted by Crippen LogP contribution is -2.25. The van der Waals surface area contributed by atoms with E-state index in [1.165, 1.54) is 0 Å². The van der Waals surface area contributed by atoms with Crippen molar-refractivity contribution in [2.75, 3.05) is 18.0 Å². The number of anilines is 1. The van der Waals surface area contributed by atoms with Gasteiger partial charge in [-0.2, -0.15) is 0 Å². The van der Waals surface area contributed by atoms with E-state index in [2.05, 4.69) is 9.88 Å². The molecule has 1 atom stereocenters. The Labute approximate surface area is 180 Å². The predicted octanol–water partition coefficient (Wildman–Crippen LogP) is 4.42. The minimum Gasteiger partial charge on any atom is -0.471 e. The number of nitrogens with zero attached hydrogens (tertiary/aromatic N) is 2. The fourth-order valence-corrected chi connectivity index (χ4v) is 3.94. The molecule has 0 amide bonds. The van der Waals surface area contributed by atoms with Crippen molar-refractivity contribution in [3.05, 3.63) is 88.1 Å². The molecule has 0 aliphatic carbocycles. The number of carbonyl (C=O) groups is 1. The summed E-state index contributed by atoms with van der Waals surface area (Å²) in [6.45, 7) is 3.26. The number of hydrogen-bond donors (Lipinski definition) is 1. The highest BCUT2D eigenvalue weighted by Gasteiger charge is 2.27. The van der Waals surface area contributed by atoms with E-state index in [1.54, 1.807) is 24.4 Å². The zero-order chi connectivity index (χ0) is 21.1. The van der Waals surface area contributed by atoms with Gasteiger partial charge in [0.25, 0.3) is 0 Å². The quantitative estimate of drug-likeness (QED) is 0.595. The highest BCUT2D eigenvalue weighted by atomic mass is 35.5. The van der Waals surface area contributed by atoms with Gasteiger partial charge in [-0.3, -0.25) is 4.79 Å². The van der Waals surface area contributed by atoms with Crippen molar-refractivity contribution in [1.29, 1.82) is 0 Å². The first kappa shape index (κ1) is 20.4. The minimum absolute atomic E-state index is 0.0439. The minimum atomic E-state index is -0.141. The Bertz CT molecular complexity index is 1070. The second kappa shape index (κ2) is 8.86. The summed E-state index contributed by atoms with van der Waals surface area (Å²) in [6.07, 6.45) is 2.43. The van der Waals surface area contributed by atoms with E-state index in [0.29, 0.717) is 28.6 Å². The molecule has 30 heavy (non-hydrogen) atoms. The molecule has 1 saturated heterocycles. The zero-order valence-electron chi connectivity index (χ0n) is 16.7. The molecule has 1 aromatic heterocycles. The van der Waals surface area contributed by atoms with E-state index in [0.717, 1.165) is 29.8 Å². The van der Waals surface area contributed by atoms with Gasteiger partial charge in [-0.25, -0.2) is 4.98 Å². The number of ether oxygens (including phenoxy) is 1. The van der Waals surface area contributed by atoms with E-state index in [4.69, 9.17) is 16.3 Å². The molecule has 0 saturated carbocycles. The van der Waals surface area contributed by atoms with Crippen LogP contribution in [0.2, 0.25) is 5.02 Å². The normalized spacial score (nSPS) is 16.0. The van der Waals surface area contributed by atoms with Crippen molar-refractivity contribution in [1.82, 2.24) is 4.98 Å². The van der Waals surface area contributed by atoms with Gasteiger partial charge in [-0.05, 0) is 43.3 Å². The molecular weight excluding hydrogens is 400 g/mol. The van der Waals surface area contributed by atoms with Gasteiger partial charge in [-0.15, -0.1) is 0 Å². The summed E-state index contributed by atoms with van der Waals surface area (Å²) in [5.41, 5.74) is 3.90. The molecule has 2 aromatic carbocycles. The second-order valence-electron chi connectivity index (χ2n) is 7.47. The van der Waals surface area contributed by atoms with Crippen molar-refractivity contribution < 1.29 is 14.6 Å². The van der Waals surface area contributed by atoms with Crippen LogP contribution in [-0.2, 0) is 6.61 Å². The molecule has 0 bridgehead atoms. The molecule has 0 radical (unpaired) electrons. The average Bonchev–Trinajstić information content (AvgIpc) is 3.22. The highest BCUT2D eigenvalue weighted by molar-refractivity contribution is 6.31. The summed E-state index contributed by atoms with van der Waals surface area (Å²) in [5.74, 6) is 0.389. The summed E-state index contributed by atoms with van der Waals surface area (Å²) < 4.78 is 5.96. The molecule has 2 heterocycles. The first-order valence-corrected chi connectivity index (χ1v) is 10.3. The van der Waals surface area contributed by atoms with Gasteiger partial charge >= 0.3 is 0 Å². The van der Waals surface area contributed by atoms with Gasteiger partial charge in [0.15, 0.2) is 5.78 Å². The van der Waals surface area contributed by atoms with Crippen LogP contribution < -0.4 is 9.64 Å². The third-order valence-electron chi connectivity index (χ3n) is 5.28. The van der Waals surface area contributed by atoms with Gasteiger partial charge in [-0.1, -0.05) is 35.4 Å². The SMILES string of the molecule is Cc1cccc(C(=O)c2ccc(N3CC[C@H](Oc4ncccc4Cl)C3)c(CO)c2)c1. The first-order chi connectivity index (χ1) is 14.5. The van der Waals surface area contributed by atoms with Gasteiger partial charge in [0.05, 0.1) is 13.2 Å². The maximum absolute atomic E-state index is 12.9. The Hall–Kier alpha value is -2.89. The molecule has 154 valence electrons. The summed E-state index contributed by atoms with van der Waals surface area (Å²) >= 11 is 6.14. The number of rotatable bonds is 6. The van der Waals surface area contributed by atoms with Crippen LogP contribution in [0.5, 0.6) is 5.88 Å². The zero-order valence-corrected chi connectivity index (χ0v) is 17.5. The molecule has 4 rings (SSSR count). The van der Waals surface area contributed by atoms with Crippen LogP contribution >= 0.6 is 11.6 Å². The lowest BCUT2D eigenvalue weighted by molar-refractivity contribution is 0.103.